The predicted octanol–water partition coefficient (Wildman–Crippen LogP) is 2.75. The first kappa shape index (κ1) is 19.3. The fourth-order valence-electron chi connectivity index (χ4n) is 2.33. The molecule has 0 aliphatic rings. The highest BCUT2D eigenvalue weighted by Crippen LogP contribution is 2.28. The van der Waals surface area contributed by atoms with E-state index in [1.54, 1.807) is 0 Å². The van der Waals surface area contributed by atoms with E-state index >= 15 is 0 Å². The van der Waals surface area contributed by atoms with Crippen molar-refractivity contribution in [1.29, 1.82) is 5.26 Å². The van der Waals surface area contributed by atoms with Gasteiger partial charge in [-0.25, -0.2) is 0 Å². The number of aliphatic hydroxyl groups is 2. The maximum absolute atomic E-state index is 9.40. The van der Waals surface area contributed by atoms with E-state index in [0.29, 0.717) is 4.91 Å². The summed E-state index contributed by atoms with van der Waals surface area (Å²) < 4.78 is 2.92. The Balaban J connectivity index is 2.25. The minimum absolute atomic E-state index is 0.213. The lowest BCUT2D eigenvalue weighted by atomic mass is 10.0. The van der Waals surface area contributed by atoms with Crippen LogP contribution in [0.15, 0.2) is 41.3 Å². The summed E-state index contributed by atoms with van der Waals surface area (Å²) in [6, 6.07) is 14.6. The number of nitrogens with one attached hydrogen (secondary N) is 1. The normalized spacial score (nSPS) is 13.3. The molecule has 0 saturated carbocycles. The van der Waals surface area contributed by atoms with Crippen LogP contribution in [-0.2, 0) is 0 Å². The van der Waals surface area contributed by atoms with Gasteiger partial charge in [-0.15, -0.1) is 0 Å². The molecule has 1 atom stereocenters. The Morgan fingerprint density at radius 3 is 2.56 bits per heavy atom. The van der Waals surface area contributed by atoms with Crippen LogP contribution in [0, 0.1) is 11.3 Å². The molecule has 0 fully saturated rings. The first-order valence-electron chi connectivity index (χ1n) is 7.97. The Labute approximate surface area is 152 Å². The van der Waals surface area contributed by atoms with Gasteiger partial charge in [-0.2, -0.15) is 5.26 Å². The summed E-state index contributed by atoms with van der Waals surface area (Å²) in [6.45, 7) is 1.81. The molecule has 1 unspecified atom stereocenters. The van der Waals surface area contributed by atoms with Gasteiger partial charge in [0.15, 0.2) is 0 Å². The zero-order valence-corrected chi connectivity index (χ0v) is 15.5. The van der Waals surface area contributed by atoms with Crippen LogP contribution in [0.4, 0.5) is 5.69 Å². The molecule has 0 radical (unpaired) electrons. The SMILES string of the molecule is C/C(=C(/C#N)SNCC(O)CO)c1ccc2cc(N(C)C)ccc2c1. The zero-order chi connectivity index (χ0) is 18.4. The van der Waals surface area contributed by atoms with E-state index in [1.807, 2.05) is 27.1 Å². The lowest BCUT2D eigenvalue weighted by Gasteiger charge is -2.14. The van der Waals surface area contributed by atoms with Gasteiger partial charge in [0.25, 0.3) is 0 Å². The largest absolute Gasteiger partial charge is 0.394 e. The van der Waals surface area contributed by atoms with Crippen LogP contribution in [0.3, 0.4) is 0 Å². The Hall–Kier alpha value is -2.04. The van der Waals surface area contributed by atoms with Gasteiger partial charge >= 0.3 is 0 Å². The molecule has 2 aromatic carbocycles. The number of hydrogen-bond donors (Lipinski definition) is 3. The summed E-state index contributed by atoms with van der Waals surface area (Å²) in [7, 11) is 4.03. The highest BCUT2D eigenvalue weighted by atomic mass is 32.2. The molecule has 0 aromatic heterocycles. The molecule has 0 saturated heterocycles. The number of nitrogens with zero attached hydrogens (tertiary/aromatic N) is 2. The van der Waals surface area contributed by atoms with E-state index in [-0.39, 0.29) is 13.2 Å². The molecule has 5 nitrogen and oxygen atoms in total. The third-order valence-electron chi connectivity index (χ3n) is 3.92. The van der Waals surface area contributed by atoms with Crippen molar-refractivity contribution in [2.24, 2.45) is 0 Å². The van der Waals surface area contributed by atoms with Gasteiger partial charge in [-0.1, -0.05) is 18.2 Å². The summed E-state index contributed by atoms with van der Waals surface area (Å²) >= 11 is 1.17. The predicted molar refractivity (Wildman–Crippen MR) is 105 cm³/mol. The average molecular weight is 357 g/mol. The lowest BCUT2D eigenvalue weighted by molar-refractivity contribution is 0.0994. The minimum atomic E-state index is -0.834. The van der Waals surface area contributed by atoms with Crippen LogP contribution in [0.1, 0.15) is 12.5 Å². The van der Waals surface area contributed by atoms with Crippen molar-refractivity contribution in [2.75, 3.05) is 32.1 Å². The number of allylic oxidation sites excluding steroid dienone is 2. The molecule has 0 aliphatic carbocycles. The van der Waals surface area contributed by atoms with Gasteiger partial charge in [0.1, 0.15) is 11.0 Å². The molecule has 0 heterocycles. The molecule has 132 valence electrons. The summed E-state index contributed by atoms with van der Waals surface area (Å²) in [4.78, 5) is 2.60. The number of rotatable bonds is 7. The highest BCUT2D eigenvalue weighted by Gasteiger charge is 2.09. The van der Waals surface area contributed by atoms with Crippen LogP contribution < -0.4 is 9.62 Å². The van der Waals surface area contributed by atoms with Crippen LogP contribution in [0.25, 0.3) is 16.3 Å². The Morgan fingerprint density at radius 2 is 1.92 bits per heavy atom. The van der Waals surface area contributed by atoms with Crippen LogP contribution >= 0.6 is 11.9 Å². The number of fused-ring (bicyclic) bond motifs is 1. The Kier molecular flexibility index (Phi) is 6.85. The van der Waals surface area contributed by atoms with Crippen molar-refractivity contribution in [3.05, 3.63) is 46.9 Å². The fraction of sp³-hybridized carbons (Fsp3) is 0.316. The first-order valence-corrected chi connectivity index (χ1v) is 8.79. The van der Waals surface area contributed by atoms with E-state index in [9.17, 15) is 10.4 Å². The highest BCUT2D eigenvalue weighted by molar-refractivity contribution is 8.01. The maximum Gasteiger partial charge on any atom is 0.108 e. The monoisotopic (exact) mass is 357 g/mol. The number of nitriles is 1. The summed E-state index contributed by atoms with van der Waals surface area (Å²) in [5.41, 5.74) is 3.00. The van der Waals surface area contributed by atoms with E-state index < -0.39 is 6.10 Å². The van der Waals surface area contributed by atoms with E-state index in [2.05, 4.69) is 46.0 Å². The van der Waals surface area contributed by atoms with Crippen LogP contribution in [-0.4, -0.2) is 43.6 Å². The summed E-state index contributed by atoms with van der Waals surface area (Å²) in [5, 5.41) is 29.8. The standard InChI is InChI=1S/C19H23N3O2S/c1-13(19(10-20)25-21-11-18(24)12-23)14-4-5-16-9-17(22(2)3)7-6-15(16)8-14/h4-9,18,21,23-24H,11-12H2,1-3H3/b19-13+. The first-order chi connectivity index (χ1) is 12.0. The quantitative estimate of drug-likeness (QED) is 0.522. The number of aliphatic hydroxyl groups excluding tert-OH is 2. The molecular formula is C19H23N3O2S. The molecule has 3 N–H and O–H groups in total. The van der Waals surface area contributed by atoms with Gasteiger partial charge < -0.3 is 15.1 Å². The maximum atomic E-state index is 9.40. The second-order valence-corrected chi connectivity index (χ2v) is 6.89. The topological polar surface area (TPSA) is 79.5 Å². The van der Waals surface area contributed by atoms with Crippen LogP contribution in [0.5, 0.6) is 0 Å². The van der Waals surface area contributed by atoms with Gasteiger partial charge in [0.2, 0.25) is 0 Å². The smallest absolute Gasteiger partial charge is 0.108 e. The van der Waals surface area contributed by atoms with Gasteiger partial charge in [0.05, 0.1) is 12.7 Å². The van der Waals surface area contributed by atoms with Crippen LogP contribution in [0.2, 0.25) is 0 Å². The van der Waals surface area contributed by atoms with E-state index in [4.69, 9.17) is 5.11 Å². The second-order valence-electron chi connectivity index (χ2n) is 5.99. The van der Waals surface area contributed by atoms with Crippen molar-refractivity contribution >= 4 is 34.0 Å². The van der Waals surface area contributed by atoms with Crippen molar-refractivity contribution in [2.45, 2.75) is 13.0 Å². The molecule has 0 spiro atoms. The average Bonchev–Trinajstić information content (AvgIpc) is 2.63. The zero-order valence-electron chi connectivity index (χ0n) is 14.7. The number of anilines is 1. The molecule has 2 aromatic rings. The fourth-order valence-corrected chi connectivity index (χ4v) is 3.07. The third kappa shape index (κ3) is 4.97. The van der Waals surface area contributed by atoms with Crippen molar-refractivity contribution in [3.63, 3.8) is 0 Å². The molecule has 6 heteroatoms. The molecule has 25 heavy (non-hydrogen) atoms. The van der Waals surface area contributed by atoms with E-state index in [0.717, 1.165) is 27.6 Å². The summed E-state index contributed by atoms with van der Waals surface area (Å²) in [5.74, 6) is 0. The lowest BCUT2D eigenvalue weighted by Crippen LogP contribution is -2.25. The van der Waals surface area contributed by atoms with Gasteiger partial charge in [-0.3, -0.25) is 4.72 Å². The Bertz CT molecular complexity index is 812. The van der Waals surface area contributed by atoms with Crippen molar-refractivity contribution < 1.29 is 10.2 Å². The molecule has 0 aliphatic heterocycles. The third-order valence-corrected chi connectivity index (χ3v) is 4.83. The number of benzene rings is 2. The molecular weight excluding hydrogens is 334 g/mol. The van der Waals surface area contributed by atoms with Gasteiger partial charge in [0, 0.05) is 26.3 Å². The molecule has 0 amide bonds. The Morgan fingerprint density at radius 1 is 1.24 bits per heavy atom. The number of hydrogen-bond acceptors (Lipinski definition) is 6. The second kappa shape index (κ2) is 8.88. The molecule has 0 bridgehead atoms. The van der Waals surface area contributed by atoms with E-state index in [1.165, 1.54) is 11.9 Å². The summed E-state index contributed by atoms with van der Waals surface area (Å²) in [6.07, 6.45) is -0.834. The van der Waals surface area contributed by atoms with Crippen molar-refractivity contribution in [3.8, 4) is 6.07 Å². The van der Waals surface area contributed by atoms with Crippen molar-refractivity contribution in [1.82, 2.24) is 4.72 Å². The van der Waals surface area contributed by atoms with Gasteiger partial charge in [-0.05, 0) is 59.0 Å². The minimum Gasteiger partial charge on any atom is -0.394 e. The molecule has 2 rings (SSSR count).